The molecule has 11 aromatic rings. The lowest BCUT2D eigenvalue weighted by molar-refractivity contribution is 0.674. The Morgan fingerprint density at radius 1 is 0.265 bits per heavy atom. The fourth-order valence-corrected chi connectivity index (χ4v) is 8.24. The highest BCUT2D eigenvalue weighted by Gasteiger charge is 2.21. The highest BCUT2D eigenvalue weighted by atomic mass is 16.3. The van der Waals surface area contributed by atoms with Gasteiger partial charge < -0.3 is 4.42 Å². The van der Waals surface area contributed by atoms with Gasteiger partial charge in [0.1, 0.15) is 11.2 Å². The van der Waals surface area contributed by atoms with Crippen molar-refractivity contribution in [2.45, 2.75) is 0 Å². The molecule has 226 valence electrons. The van der Waals surface area contributed by atoms with Gasteiger partial charge in [0, 0.05) is 21.7 Å². The molecule has 1 heteroatoms. The highest BCUT2D eigenvalue weighted by molar-refractivity contribution is 6.28. The summed E-state index contributed by atoms with van der Waals surface area (Å²) < 4.78 is 7.00. The average Bonchev–Trinajstić information content (AvgIpc) is 3.57. The molecule has 0 aliphatic rings. The molecule has 11 rings (SSSR count). The maximum atomic E-state index is 7.00. The first-order valence-electron chi connectivity index (χ1n) is 16.9. The molecule has 10 aromatic carbocycles. The van der Waals surface area contributed by atoms with E-state index in [1.165, 1.54) is 70.7 Å². The molecule has 0 unspecified atom stereocenters. The summed E-state index contributed by atoms with van der Waals surface area (Å²) in [4.78, 5) is 0. The third-order valence-corrected chi connectivity index (χ3v) is 10.6. The second kappa shape index (κ2) is 10.0. The quantitative estimate of drug-likeness (QED) is 0.179. The van der Waals surface area contributed by atoms with Crippen LogP contribution in [0.5, 0.6) is 0 Å². The molecule has 0 atom stereocenters. The van der Waals surface area contributed by atoms with E-state index in [-0.39, 0.29) is 0 Å². The maximum Gasteiger partial charge on any atom is 0.143 e. The number of furan rings is 1. The smallest absolute Gasteiger partial charge is 0.143 e. The standard InChI is InChI=1S/C48H28O/c1-2-8-36-28-37(19-14-29(36)6-1)30-12-15-32(16-13-30)39-26-27-42(46-43-25-20-31-7-3-4-11-38(31)47(43)49-48(39)46)40-23-21-35-18-17-33-9-5-10-34-22-24-41(40)45(35)44(33)34/h1-28H. The Labute approximate surface area is 282 Å². The summed E-state index contributed by atoms with van der Waals surface area (Å²) in [5.41, 5.74) is 8.94. The average molecular weight is 621 g/mol. The van der Waals surface area contributed by atoms with E-state index in [2.05, 4.69) is 170 Å². The van der Waals surface area contributed by atoms with Crippen molar-refractivity contribution in [3.8, 4) is 33.4 Å². The first-order chi connectivity index (χ1) is 24.3. The Bertz CT molecular complexity index is 3070. The summed E-state index contributed by atoms with van der Waals surface area (Å²) >= 11 is 0. The SMILES string of the molecule is c1ccc2cc(-c3ccc(-c4ccc(-c5ccc6ccc7cccc8ccc5c6c78)c5c4oc4c6ccccc6ccc45)cc3)ccc2c1. The molecule has 0 radical (unpaired) electrons. The van der Waals surface area contributed by atoms with Crippen molar-refractivity contribution in [1.82, 2.24) is 0 Å². The van der Waals surface area contributed by atoms with Crippen LogP contribution in [0, 0.1) is 0 Å². The molecule has 1 nitrogen and oxygen atoms in total. The number of hydrogen-bond acceptors (Lipinski definition) is 1. The first kappa shape index (κ1) is 26.6. The number of benzene rings is 10. The molecule has 1 heterocycles. The third kappa shape index (κ3) is 3.87. The minimum absolute atomic E-state index is 0.924. The molecule has 0 aliphatic carbocycles. The van der Waals surface area contributed by atoms with Crippen molar-refractivity contribution < 1.29 is 4.42 Å². The lowest BCUT2D eigenvalue weighted by Crippen LogP contribution is -1.89. The van der Waals surface area contributed by atoms with E-state index in [1.807, 2.05) is 0 Å². The topological polar surface area (TPSA) is 13.1 Å². The van der Waals surface area contributed by atoms with Gasteiger partial charge in [0.2, 0.25) is 0 Å². The molecule has 0 saturated heterocycles. The van der Waals surface area contributed by atoms with Crippen LogP contribution >= 0.6 is 0 Å². The Morgan fingerprint density at radius 2 is 0.837 bits per heavy atom. The summed E-state index contributed by atoms with van der Waals surface area (Å²) in [6.07, 6.45) is 0. The van der Waals surface area contributed by atoms with E-state index in [4.69, 9.17) is 4.42 Å². The normalized spacial score (nSPS) is 12.1. The van der Waals surface area contributed by atoms with Crippen LogP contribution in [-0.4, -0.2) is 0 Å². The zero-order valence-electron chi connectivity index (χ0n) is 26.6. The van der Waals surface area contributed by atoms with Gasteiger partial charge in [0.05, 0.1) is 0 Å². The molecule has 0 saturated carbocycles. The molecule has 0 bridgehead atoms. The van der Waals surface area contributed by atoms with Gasteiger partial charge in [-0.15, -0.1) is 0 Å². The molecule has 0 aliphatic heterocycles. The van der Waals surface area contributed by atoms with Crippen LogP contribution in [0.2, 0.25) is 0 Å². The highest BCUT2D eigenvalue weighted by Crippen LogP contribution is 2.47. The molecule has 1 aromatic heterocycles. The van der Waals surface area contributed by atoms with Gasteiger partial charge in [-0.25, -0.2) is 0 Å². The van der Waals surface area contributed by atoms with Crippen LogP contribution in [0.1, 0.15) is 0 Å². The maximum absolute atomic E-state index is 7.00. The second-order valence-electron chi connectivity index (χ2n) is 13.2. The van der Waals surface area contributed by atoms with Crippen LogP contribution in [0.4, 0.5) is 0 Å². The lowest BCUT2D eigenvalue weighted by Gasteiger charge is -2.15. The predicted molar refractivity (Wildman–Crippen MR) is 209 cm³/mol. The lowest BCUT2D eigenvalue weighted by atomic mass is 9.87. The van der Waals surface area contributed by atoms with Crippen molar-refractivity contribution in [3.63, 3.8) is 0 Å². The summed E-state index contributed by atoms with van der Waals surface area (Å²) in [7, 11) is 0. The molecule has 0 spiro atoms. The van der Waals surface area contributed by atoms with Crippen molar-refractivity contribution in [2.24, 2.45) is 0 Å². The number of rotatable bonds is 3. The molecule has 0 fully saturated rings. The van der Waals surface area contributed by atoms with Crippen LogP contribution in [-0.2, 0) is 0 Å². The fourth-order valence-electron chi connectivity index (χ4n) is 8.24. The van der Waals surface area contributed by atoms with Crippen molar-refractivity contribution in [2.75, 3.05) is 0 Å². The van der Waals surface area contributed by atoms with Crippen LogP contribution in [0.15, 0.2) is 174 Å². The van der Waals surface area contributed by atoms with E-state index in [0.29, 0.717) is 0 Å². The number of fused-ring (bicyclic) bond motifs is 6. The predicted octanol–water partition coefficient (Wildman–Crippen LogP) is 13.8. The number of hydrogen-bond donors (Lipinski definition) is 0. The minimum Gasteiger partial charge on any atom is -0.455 e. The Hall–Kier alpha value is -6.44. The van der Waals surface area contributed by atoms with Crippen molar-refractivity contribution in [3.05, 3.63) is 170 Å². The summed E-state index contributed by atoms with van der Waals surface area (Å²) in [5.74, 6) is 0. The fraction of sp³-hybridized carbons (Fsp3) is 0. The van der Waals surface area contributed by atoms with E-state index < -0.39 is 0 Å². The summed E-state index contributed by atoms with van der Waals surface area (Å²) in [5, 5.41) is 14.9. The molecule has 0 N–H and O–H groups in total. The molecular weight excluding hydrogens is 593 g/mol. The third-order valence-electron chi connectivity index (χ3n) is 10.6. The van der Waals surface area contributed by atoms with E-state index in [0.717, 1.165) is 38.5 Å². The van der Waals surface area contributed by atoms with E-state index in [9.17, 15) is 0 Å². The van der Waals surface area contributed by atoms with E-state index in [1.54, 1.807) is 0 Å². The summed E-state index contributed by atoms with van der Waals surface area (Å²) in [6.45, 7) is 0. The van der Waals surface area contributed by atoms with Crippen LogP contribution in [0.25, 0.3) is 109 Å². The first-order valence-corrected chi connectivity index (χ1v) is 16.9. The molecule has 0 amide bonds. The Balaban J connectivity index is 1.16. The molecular formula is C48H28O. The van der Waals surface area contributed by atoms with Crippen molar-refractivity contribution >= 4 is 75.8 Å². The van der Waals surface area contributed by atoms with Crippen LogP contribution in [0.3, 0.4) is 0 Å². The van der Waals surface area contributed by atoms with Crippen molar-refractivity contribution in [1.29, 1.82) is 0 Å². The van der Waals surface area contributed by atoms with Gasteiger partial charge in [-0.3, -0.25) is 0 Å². The van der Waals surface area contributed by atoms with Gasteiger partial charge in [0.15, 0.2) is 0 Å². The van der Waals surface area contributed by atoms with Crippen LogP contribution < -0.4 is 0 Å². The van der Waals surface area contributed by atoms with Gasteiger partial charge >= 0.3 is 0 Å². The Morgan fingerprint density at radius 3 is 1.69 bits per heavy atom. The van der Waals surface area contributed by atoms with Gasteiger partial charge in [-0.05, 0) is 94.5 Å². The largest absolute Gasteiger partial charge is 0.455 e. The minimum atomic E-state index is 0.924. The van der Waals surface area contributed by atoms with Gasteiger partial charge in [-0.1, -0.05) is 152 Å². The van der Waals surface area contributed by atoms with Gasteiger partial charge in [-0.2, -0.15) is 0 Å². The van der Waals surface area contributed by atoms with Gasteiger partial charge in [0.25, 0.3) is 0 Å². The zero-order chi connectivity index (χ0) is 32.1. The Kier molecular flexibility index (Phi) is 5.45. The molecule has 49 heavy (non-hydrogen) atoms. The monoisotopic (exact) mass is 620 g/mol. The second-order valence-corrected chi connectivity index (χ2v) is 13.2. The zero-order valence-corrected chi connectivity index (χ0v) is 26.6. The summed E-state index contributed by atoms with van der Waals surface area (Å²) in [6, 6.07) is 62.0. The van der Waals surface area contributed by atoms with E-state index >= 15 is 0 Å².